The first-order chi connectivity index (χ1) is 65.6. The highest BCUT2D eigenvalue weighted by molar-refractivity contribution is 5.47. The van der Waals surface area contributed by atoms with Crippen molar-refractivity contribution in [2.24, 2.45) is 0 Å². The quantitative estimate of drug-likeness (QED) is 0.0157. The van der Waals surface area contributed by atoms with E-state index in [1.165, 1.54) is 111 Å². The maximum atomic E-state index is 14.0. The molecule has 0 amide bonds. The third-order valence-electron chi connectivity index (χ3n) is 21.5. The third-order valence-corrected chi connectivity index (χ3v) is 21.5. The van der Waals surface area contributed by atoms with E-state index in [0.29, 0.717) is 101 Å². The van der Waals surface area contributed by atoms with Gasteiger partial charge >= 0.3 is 18.9 Å². The minimum atomic E-state index is -4.78. The van der Waals surface area contributed by atoms with Gasteiger partial charge in [-0.25, -0.2) is 4.39 Å². The molecule has 0 aliphatic rings. The molecule has 0 saturated heterocycles. The molecular formula is C110H162F10O21. The Morgan fingerprint density at radius 2 is 0.688 bits per heavy atom. The highest BCUT2D eigenvalue weighted by Crippen LogP contribution is 2.39. The van der Waals surface area contributed by atoms with Crippen LogP contribution in [0.2, 0.25) is 0 Å². The number of aliphatic hydroxyl groups excluding tert-OH is 2. The lowest BCUT2D eigenvalue weighted by Crippen LogP contribution is -2.16. The van der Waals surface area contributed by atoms with Gasteiger partial charge in [0.15, 0.2) is 0 Å². The molecule has 0 heterocycles. The fourth-order valence-electron chi connectivity index (χ4n) is 12.9. The van der Waals surface area contributed by atoms with E-state index in [0.717, 1.165) is 91.5 Å². The number of hydrogen-bond acceptors (Lipinski definition) is 21. The molecule has 0 radical (unpaired) electrons. The molecule has 0 spiro atoms. The van der Waals surface area contributed by atoms with E-state index in [1.54, 1.807) is 14.2 Å². The minimum Gasteiger partial charge on any atom is -0.497 e. The first-order valence-corrected chi connectivity index (χ1v) is 45.8. The molecule has 0 aliphatic heterocycles. The highest BCUT2D eigenvalue weighted by Gasteiger charge is 2.34. The molecule has 31 heteroatoms. The predicted molar refractivity (Wildman–Crippen MR) is 537 cm³/mol. The summed E-state index contributed by atoms with van der Waals surface area (Å²) in [5, 5.41) is 15.6. The normalized spacial score (nSPS) is 11.5. The van der Waals surface area contributed by atoms with Crippen LogP contribution in [0.3, 0.4) is 0 Å². The van der Waals surface area contributed by atoms with Crippen LogP contribution in [0.5, 0.6) is 40.2 Å². The lowest BCUT2D eigenvalue weighted by Gasteiger charge is -2.23. The molecule has 0 saturated carbocycles. The first kappa shape index (κ1) is 133. The molecule has 2 atom stereocenters. The average molecular weight is 2010 g/mol. The van der Waals surface area contributed by atoms with Gasteiger partial charge in [-0.2, -0.15) is 13.2 Å². The number of halogens is 10. The Hall–Kier alpha value is -9.74. The van der Waals surface area contributed by atoms with E-state index < -0.39 is 37.7 Å². The zero-order valence-corrected chi connectivity index (χ0v) is 82.6. The molecule has 0 fully saturated rings. The summed E-state index contributed by atoms with van der Waals surface area (Å²) >= 11 is 0. The van der Waals surface area contributed by atoms with Crippen molar-refractivity contribution in [3.63, 3.8) is 0 Å². The molecule has 21 nitrogen and oxygen atoms in total. The number of aliphatic hydroxyl groups is 2. The Bertz CT molecular complexity index is 4380. The van der Waals surface area contributed by atoms with Gasteiger partial charge in [0.2, 0.25) is 0 Å². The van der Waals surface area contributed by atoms with Crippen molar-refractivity contribution in [1.82, 2.24) is 0 Å². The minimum absolute atomic E-state index is 0. The Balaban J connectivity index is 0. The van der Waals surface area contributed by atoms with Crippen LogP contribution >= 0.6 is 0 Å². The molecular weight excluding hydrogens is 1850 g/mol. The number of methoxy groups -OCH3 is 4. The highest BCUT2D eigenvalue weighted by atomic mass is 19.4. The standard InChI is InChI=1S/C32H50O6.C26H35F3O6.C25H31FO4.C12H18O2.C10H8F6O2.CH4O.4CH4/c1-6-8-9-10-11-27-22-29(24-35-18-16-33-4)32(30(23-27)25-36-19-17-34-5)38-21-20-37-31-14-12-28(13-15-31)26(3)7-2;1-6-25(2,3)21-7-9-23(10-8-21)34-11-12-35-24-19(15-32-17-30-4)13-22(26(27,28)29)14-20(24)16-33-18-31-5;1-6-25(4,5)21-9-11-23(12-10-21)29-13-14-30-24-19(17-27-7-2)15-22(26)16-20(24)18-28-8-3;1-3-10(2)11-4-6-12(7-5-11)14-9-8-13;11-9(12,13)17-5-7-2-1-3-8(4-7)6-18-10(14,15)16;1-2;;;;/h12-15,22-23,26H,6-11,16-21,24-25H2,1-5H3;7-10,13-14H,6,11-12,15-18H2,1-5H3;7-12,15-16H,2-3,6,13-14,17-18H2,1,4-5H3;4-7,10,13H,3,8-9H2,1-2H3;1-4H,5-6H2;2H,1H3;4*1H4. The third kappa shape index (κ3) is 55.1. The largest absolute Gasteiger partial charge is 0.522 e. The first-order valence-electron chi connectivity index (χ1n) is 45.8. The van der Waals surface area contributed by atoms with Gasteiger partial charge in [-0.05, 0) is 185 Å². The number of alkyl halides is 9. The van der Waals surface area contributed by atoms with Crippen molar-refractivity contribution in [2.75, 3.05) is 128 Å². The molecule has 0 bridgehead atoms. The lowest BCUT2D eigenvalue weighted by atomic mass is 9.82. The van der Waals surface area contributed by atoms with E-state index in [9.17, 15) is 43.9 Å². The molecule has 0 aliphatic carbocycles. The number of hydrogen-bond donors (Lipinski definition) is 2. The fourth-order valence-corrected chi connectivity index (χ4v) is 12.9. The maximum Gasteiger partial charge on any atom is 0.522 e. The Morgan fingerprint density at radius 1 is 0.355 bits per heavy atom. The SMILES string of the molecule is C.C.C.C.C=COCc1cc(F)cc(COC=C)c1OCCOc1ccc(C(C)(C)CC)cc1.CCC(C)(C)c1ccc(OCCOc2c(COCOC)cc(C(F)(F)F)cc2COCOC)cc1.CCC(C)c1ccc(OCCO)cc1.CCCCCCc1cc(COCCOC)c(OCCOc2ccc(C(C)CC)cc2)c(COCCOC)c1.CO.FC(F)(F)OCc1cccc(COC(F)(F)F)c1. The van der Waals surface area contributed by atoms with Crippen LogP contribution in [0.1, 0.15) is 247 Å². The van der Waals surface area contributed by atoms with Gasteiger partial charge in [0, 0.05) is 68.9 Å². The Labute approximate surface area is 834 Å². The number of aryl methyl sites for hydroxylation is 1. The Kier molecular flexibility index (Phi) is 71.0. The van der Waals surface area contributed by atoms with Gasteiger partial charge in [0.25, 0.3) is 0 Å². The van der Waals surface area contributed by atoms with Crippen molar-refractivity contribution in [2.45, 2.75) is 258 Å². The summed E-state index contributed by atoms with van der Waals surface area (Å²) in [6.45, 7) is 35.0. The van der Waals surface area contributed by atoms with Crippen LogP contribution in [0.15, 0.2) is 183 Å². The number of benzene rings is 8. The number of ether oxygens (including phenoxy) is 19. The molecule has 2 unspecified atom stereocenters. The predicted octanol–water partition coefficient (Wildman–Crippen LogP) is 28.0. The molecule has 141 heavy (non-hydrogen) atoms. The van der Waals surface area contributed by atoms with Crippen molar-refractivity contribution >= 4 is 0 Å². The summed E-state index contributed by atoms with van der Waals surface area (Å²) in [4.78, 5) is 0. The summed E-state index contributed by atoms with van der Waals surface area (Å²) in [6, 6.07) is 46.8. The second kappa shape index (κ2) is 75.1. The van der Waals surface area contributed by atoms with E-state index in [2.05, 4.69) is 147 Å². The van der Waals surface area contributed by atoms with Gasteiger partial charge in [0.1, 0.15) is 119 Å². The van der Waals surface area contributed by atoms with Crippen LogP contribution in [0.25, 0.3) is 0 Å². The molecule has 0 aromatic heterocycles. The molecule has 8 rings (SSSR count). The summed E-state index contributed by atoms with van der Waals surface area (Å²) in [6.07, 6.45) is -1.18. The summed E-state index contributed by atoms with van der Waals surface area (Å²) in [5.41, 5.74) is 9.76. The Morgan fingerprint density at radius 3 is 1.00 bits per heavy atom. The lowest BCUT2D eigenvalue weighted by molar-refractivity contribution is -0.330. The van der Waals surface area contributed by atoms with E-state index >= 15 is 0 Å². The van der Waals surface area contributed by atoms with E-state index in [1.807, 2.05) is 60.7 Å². The second-order valence-corrected chi connectivity index (χ2v) is 32.5. The van der Waals surface area contributed by atoms with Gasteiger partial charge in [-0.1, -0.05) is 211 Å². The summed E-state index contributed by atoms with van der Waals surface area (Å²) in [5.74, 6) is 5.51. The van der Waals surface area contributed by atoms with Crippen molar-refractivity contribution in [3.8, 4) is 40.2 Å². The molecule has 798 valence electrons. The van der Waals surface area contributed by atoms with Crippen molar-refractivity contribution in [1.29, 1.82) is 0 Å². The summed E-state index contributed by atoms with van der Waals surface area (Å²) in [7, 11) is 7.23. The molecule has 8 aromatic carbocycles. The van der Waals surface area contributed by atoms with Gasteiger partial charge in [0.05, 0.1) is 90.8 Å². The van der Waals surface area contributed by atoms with Crippen LogP contribution in [0, 0.1) is 5.82 Å². The van der Waals surface area contributed by atoms with Gasteiger partial charge in [-0.3, -0.25) is 9.47 Å². The average Bonchev–Trinajstić information content (AvgIpc) is 0.797. The van der Waals surface area contributed by atoms with Crippen LogP contribution in [0.4, 0.5) is 43.9 Å². The molecule has 8 aromatic rings. The number of unbranched alkanes of at least 4 members (excludes halogenated alkanes) is 3. The van der Waals surface area contributed by atoms with Crippen molar-refractivity contribution in [3.05, 3.63) is 267 Å². The molecule has 2 N–H and O–H groups in total. The topological polar surface area (TPSA) is 216 Å². The fraction of sp³-hybridized carbons (Fsp3) is 0.527. The van der Waals surface area contributed by atoms with Crippen LogP contribution in [-0.4, -0.2) is 151 Å². The second-order valence-electron chi connectivity index (χ2n) is 32.5. The van der Waals surface area contributed by atoms with Crippen molar-refractivity contribution < 1.29 is 144 Å². The van der Waals surface area contributed by atoms with Gasteiger partial charge in [-0.15, -0.1) is 26.3 Å². The summed E-state index contributed by atoms with van der Waals surface area (Å²) < 4.78 is 226. The number of rotatable bonds is 59. The van der Waals surface area contributed by atoms with Crippen LogP contribution in [-0.2, 0) is 133 Å². The van der Waals surface area contributed by atoms with Gasteiger partial charge < -0.3 is 90.7 Å². The smallest absolute Gasteiger partial charge is 0.497 e. The maximum absolute atomic E-state index is 14.0. The zero-order chi connectivity index (χ0) is 102. The zero-order valence-electron chi connectivity index (χ0n) is 82.6. The monoisotopic (exact) mass is 2010 g/mol. The van der Waals surface area contributed by atoms with E-state index in [-0.39, 0.29) is 141 Å². The van der Waals surface area contributed by atoms with E-state index in [4.69, 9.17) is 90.7 Å². The van der Waals surface area contributed by atoms with Crippen LogP contribution < -0.4 is 33.2 Å².